The van der Waals surface area contributed by atoms with E-state index in [4.69, 9.17) is 0 Å². The summed E-state index contributed by atoms with van der Waals surface area (Å²) in [4.78, 5) is 14.7. The predicted molar refractivity (Wildman–Crippen MR) is 108 cm³/mol. The molecular weight excluding hydrogens is 367 g/mol. The van der Waals surface area contributed by atoms with Crippen LogP contribution in [0.15, 0.2) is 48.5 Å². The molecule has 0 bridgehead atoms. The Morgan fingerprint density at radius 2 is 1.90 bits per heavy atom. The molecule has 1 amide bonds. The summed E-state index contributed by atoms with van der Waals surface area (Å²) in [7, 11) is 0. The molecule has 0 radical (unpaired) electrons. The number of nitrogens with zero attached hydrogens (tertiary/aromatic N) is 2. The summed E-state index contributed by atoms with van der Waals surface area (Å²) < 4.78 is 13.8. The van der Waals surface area contributed by atoms with Crippen molar-refractivity contribution in [1.82, 2.24) is 4.90 Å². The van der Waals surface area contributed by atoms with Crippen LogP contribution in [0.5, 0.6) is 0 Å². The van der Waals surface area contributed by atoms with Crippen LogP contribution in [0.2, 0.25) is 0 Å². The molecule has 2 aromatic rings. The smallest absolute Gasteiger partial charge is 0.227 e. The summed E-state index contributed by atoms with van der Waals surface area (Å²) in [6, 6.07) is 15.2. The number of carbonyl (C=O) groups is 1. The number of carbonyl (C=O) groups excluding carboxylic acids is 1. The number of nitriles is 1. The Bertz CT molecular complexity index is 932. The van der Waals surface area contributed by atoms with Gasteiger partial charge in [-0.3, -0.25) is 4.79 Å². The van der Waals surface area contributed by atoms with Crippen LogP contribution in [0, 0.1) is 23.1 Å². The monoisotopic (exact) mass is 392 g/mol. The van der Waals surface area contributed by atoms with E-state index in [2.05, 4.69) is 6.07 Å². The van der Waals surface area contributed by atoms with Crippen molar-refractivity contribution >= 4 is 5.91 Å². The summed E-state index contributed by atoms with van der Waals surface area (Å²) in [5, 5.41) is 20.0. The van der Waals surface area contributed by atoms with E-state index in [1.807, 2.05) is 30.3 Å². The van der Waals surface area contributed by atoms with Crippen molar-refractivity contribution < 1.29 is 14.3 Å². The van der Waals surface area contributed by atoms with Gasteiger partial charge < -0.3 is 10.0 Å². The fourth-order valence-electron chi connectivity index (χ4n) is 4.95. The molecule has 0 aromatic heterocycles. The van der Waals surface area contributed by atoms with Crippen LogP contribution in [0.4, 0.5) is 4.39 Å². The van der Waals surface area contributed by atoms with Gasteiger partial charge in [0, 0.05) is 11.8 Å². The first-order valence-electron chi connectivity index (χ1n) is 10.3. The summed E-state index contributed by atoms with van der Waals surface area (Å²) in [5.41, 5.74) is 2.43. The van der Waals surface area contributed by atoms with E-state index in [1.54, 1.807) is 11.0 Å². The zero-order valence-electron chi connectivity index (χ0n) is 16.3. The second kappa shape index (κ2) is 8.34. The fraction of sp³-hybridized carbons (Fsp3) is 0.417. The highest BCUT2D eigenvalue weighted by Crippen LogP contribution is 2.45. The van der Waals surface area contributed by atoms with Crippen LogP contribution in [0.1, 0.15) is 43.6 Å². The highest BCUT2D eigenvalue weighted by Gasteiger charge is 2.53. The van der Waals surface area contributed by atoms with Crippen LogP contribution >= 0.6 is 0 Å². The molecule has 1 aliphatic heterocycles. The van der Waals surface area contributed by atoms with E-state index in [-0.39, 0.29) is 30.2 Å². The Morgan fingerprint density at radius 3 is 2.59 bits per heavy atom. The molecule has 1 heterocycles. The van der Waals surface area contributed by atoms with Gasteiger partial charge in [0.25, 0.3) is 0 Å². The molecule has 0 unspecified atom stereocenters. The Morgan fingerprint density at radius 1 is 1.14 bits per heavy atom. The quantitative estimate of drug-likeness (QED) is 0.846. The summed E-state index contributed by atoms with van der Waals surface area (Å²) in [6.45, 7) is -0.196. The summed E-state index contributed by atoms with van der Waals surface area (Å²) in [5.74, 6) is -0.671. The number of hydrogen-bond acceptors (Lipinski definition) is 3. The van der Waals surface area contributed by atoms with Gasteiger partial charge in [-0.1, -0.05) is 55.7 Å². The predicted octanol–water partition coefficient (Wildman–Crippen LogP) is 4.25. The van der Waals surface area contributed by atoms with Crippen molar-refractivity contribution in [3.63, 3.8) is 0 Å². The van der Waals surface area contributed by atoms with Crippen LogP contribution in [0.3, 0.4) is 0 Å². The van der Waals surface area contributed by atoms with Crippen molar-refractivity contribution in [3.05, 3.63) is 59.9 Å². The van der Waals surface area contributed by atoms with E-state index in [0.29, 0.717) is 0 Å². The number of likely N-dealkylation sites (tertiary alicyclic amines) is 1. The molecule has 1 saturated heterocycles. The zero-order valence-corrected chi connectivity index (χ0v) is 16.3. The van der Waals surface area contributed by atoms with Crippen LogP contribution in [-0.2, 0) is 4.79 Å². The second-order valence-corrected chi connectivity index (χ2v) is 8.03. The molecule has 5 heteroatoms. The third-order valence-corrected chi connectivity index (χ3v) is 6.40. The maximum absolute atomic E-state index is 13.8. The Labute approximate surface area is 170 Å². The second-order valence-electron chi connectivity index (χ2n) is 8.03. The molecule has 4 nitrogen and oxygen atoms in total. The minimum atomic E-state index is -0.615. The van der Waals surface area contributed by atoms with Gasteiger partial charge in [0.2, 0.25) is 5.91 Å². The van der Waals surface area contributed by atoms with Crippen molar-refractivity contribution in [2.45, 2.75) is 50.1 Å². The Balaban J connectivity index is 1.67. The van der Waals surface area contributed by atoms with Gasteiger partial charge in [-0.25, -0.2) is 4.39 Å². The molecule has 1 aliphatic carbocycles. The molecule has 4 rings (SSSR count). The lowest BCUT2D eigenvalue weighted by molar-refractivity contribution is -0.152. The Kier molecular flexibility index (Phi) is 5.64. The van der Waals surface area contributed by atoms with E-state index in [1.165, 1.54) is 12.1 Å². The lowest BCUT2D eigenvalue weighted by Crippen LogP contribution is -2.66. The van der Waals surface area contributed by atoms with Gasteiger partial charge in [0.1, 0.15) is 11.9 Å². The average molecular weight is 392 g/mol. The van der Waals surface area contributed by atoms with Crippen LogP contribution in [-0.4, -0.2) is 34.6 Å². The number of aliphatic hydroxyl groups excluding tert-OH is 1. The van der Waals surface area contributed by atoms with Gasteiger partial charge >= 0.3 is 0 Å². The molecule has 0 spiro atoms. The first-order valence-corrected chi connectivity index (χ1v) is 10.3. The number of hydrogen-bond donors (Lipinski definition) is 1. The molecule has 29 heavy (non-hydrogen) atoms. The first-order chi connectivity index (χ1) is 14.2. The topological polar surface area (TPSA) is 64.3 Å². The minimum Gasteiger partial charge on any atom is -0.394 e. The lowest BCUT2D eigenvalue weighted by Gasteiger charge is -2.53. The highest BCUT2D eigenvalue weighted by molar-refractivity contribution is 5.82. The van der Waals surface area contributed by atoms with Gasteiger partial charge in [-0.05, 0) is 41.7 Å². The SMILES string of the molecule is N#C[C@@H]1[C@H](c2ccccc2-c2cccc(F)c2)[C@H](CO)N1C(=O)C1CCCCC1. The zero-order chi connectivity index (χ0) is 20.4. The van der Waals surface area contributed by atoms with Crippen molar-refractivity contribution in [2.24, 2.45) is 5.92 Å². The molecule has 2 fully saturated rings. The molecule has 2 aliphatic rings. The number of halogens is 1. The fourth-order valence-corrected chi connectivity index (χ4v) is 4.95. The molecule has 2 aromatic carbocycles. The third-order valence-electron chi connectivity index (χ3n) is 6.40. The maximum Gasteiger partial charge on any atom is 0.227 e. The molecule has 1 N–H and O–H groups in total. The normalized spacial score (nSPS) is 24.6. The van der Waals surface area contributed by atoms with Crippen LogP contribution < -0.4 is 0 Å². The third kappa shape index (κ3) is 3.54. The molecule has 3 atom stereocenters. The first kappa shape index (κ1) is 19.6. The number of rotatable bonds is 4. The summed E-state index contributed by atoms with van der Waals surface area (Å²) in [6.07, 6.45) is 4.94. The maximum atomic E-state index is 13.8. The minimum absolute atomic E-state index is 0.00483. The highest BCUT2D eigenvalue weighted by atomic mass is 19.1. The van der Waals surface area contributed by atoms with E-state index >= 15 is 0 Å². The van der Waals surface area contributed by atoms with Gasteiger partial charge in [-0.15, -0.1) is 0 Å². The molecule has 1 saturated carbocycles. The van der Waals surface area contributed by atoms with Crippen molar-refractivity contribution in [2.75, 3.05) is 6.61 Å². The largest absolute Gasteiger partial charge is 0.394 e. The summed E-state index contributed by atoms with van der Waals surface area (Å²) >= 11 is 0. The number of aliphatic hydroxyl groups is 1. The van der Waals surface area contributed by atoms with E-state index in [9.17, 15) is 19.6 Å². The standard InChI is InChI=1S/C24H25FN2O2/c25-18-10-6-9-17(13-18)19-11-4-5-12-20(19)23-21(14-26)27(22(23)15-28)24(29)16-7-2-1-3-8-16/h4-6,9-13,16,21-23,28H,1-3,7-8,15H2/t21-,22+,23+/m1/s1. The van der Waals surface area contributed by atoms with Crippen molar-refractivity contribution in [3.8, 4) is 17.2 Å². The van der Waals surface area contributed by atoms with E-state index < -0.39 is 12.1 Å². The number of benzene rings is 2. The lowest BCUT2D eigenvalue weighted by atomic mass is 9.72. The molecular formula is C24H25FN2O2. The van der Waals surface area contributed by atoms with Crippen molar-refractivity contribution in [1.29, 1.82) is 5.26 Å². The Hall–Kier alpha value is -2.71. The number of amides is 1. The average Bonchev–Trinajstić information content (AvgIpc) is 2.74. The van der Waals surface area contributed by atoms with Gasteiger partial charge in [0.05, 0.1) is 18.7 Å². The van der Waals surface area contributed by atoms with Gasteiger partial charge in [0.15, 0.2) is 0 Å². The van der Waals surface area contributed by atoms with Gasteiger partial charge in [-0.2, -0.15) is 5.26 Å². The van der Waals surface area contributed by atoms with Crippen LogP contribution in [0.25, 0.3) is 11.1 Å². The molecule has 150 valence electrons. The van der Waals surface area contributed by atoms with E-state index in [0.717, 1.165) is 48.8 Å².